The first-order valence-electron chi connectivity index (χ1n) is 28.0. The van der Waals surface area contributed by atoms with Crippen molar-refractivity contribution in [3.05, 3.63) is 166 Å². The molecule has 13 rings (SSSR count). The number of carbonyl (C=O) groups is 6. The average Bonchev–Trinajstić information content (AvgIpc) is 1.63. The van der Waals surface area contributed by atoms with Crippen molar-refractivity contribution in [1.29, 1.82) is 0 Å². The van der Waals surface area contributed by atoms with Crippen molar-refractivity contribution in [2.24, 2.45) is 0 Å². The smallest absolute Gasteiger partial charge is 0.391 e. The molecule has 4 atom stereocenters. The third kappa shape index (κ3) is 10.8. The standard InChI is InChI=1S/C66H50F6N4O12/c1-31-5-13-35(14-6-31)85-47-21-41-51-42(62(80)75(61(41)79)45(25-65(67,68)69)59(77)73-27-39-29-83-39)23-49(87-37-17-9-33(3)10-18-37)55-56-50(88-38-19-11-34(4)12-20-38)24-44-52-43(22-48(54(58(52)56)53(47)57(51)55)86-36-15-7-32(2)8-16-36)63(81)76(64(44)82)46(26-66(70,71)72)60(78)74-28-40-30-84-40/h5-24,39-40,45-46H,25-30H2,1-4H3,(H,73,77)(H,74,78). The number of amides is 6. The molecule has 4 unspecified atom stereocenters. The lowest BCUT2D eigenvalue weighted by molar-refractivity contribution is -0.153. The normalized spacial score (nSPS) is 17.0. The van der Waals surface area contributed by atoms with Crippen LogP contribution >= 0.6 is 0 Å². The maximum absolute atomic E-state index is 15.6. The van der Waals surface area contributed by atoms with Crippen molar-refractivity contribution in [2.75, 3.05) is 26.3 Å². The van der Waals surface area contributed by atoms with Crippen molar-refractivity contribution in [2.45, 2.75) is 77.2 Å². The molecular weight excluding hydrogens is 1150 g/mol. The summed E-state index contributed by atoms with van der Waals surface area (Å²) in [5, 5.41) is 4.52. The molecule has 4 heterocycles. The number of ether oxygens (including phenoxy) is 6. The van der Waals surface area contributed by atoms with E-state index in [9.17, 15) is 35.9 Å². The van der Waals surface area contributed by atoms with E-state index in [1.807, 2.05) is 27.7 Å². The van der Waals surface area contributed by atoms with Gasteiger partial charge in [0.05, 0.1) is 60.5 Å². The summed E-state index contributed by atoms with van der Waals surface area (Å²) in [5.74, 6) is -8.10. The molecule has 2 saturated heterocycles. The Labute approximate surface area is 496 Å². The number of hydrogen-bond acceptors (Lipinski definition) is 12. The molecule has 2 fully saturated rings. The molecule has 9 aromatic carbocycles. The van der Waals surface area contributed by atoms with Crippen LogP contribution in [-0.2, 0) is 19.1 Å². The Morgan fingerprint density at radius 1 is 0.432 bits per heavy atom. The van der Waals surface area contributed by atoms with Crippen molar-refractivity contribution < 1.29 is 83.5 Å². The van der Waals surface area contributed by atoms with Crippen LogP contribution in [0.2, 0.25) is 0 Å². The average molecular weight is 1210 g/mol. The van der Waals surface area contributed by atoms with Gasteiger partial charge in [0.1, 0.15) is 58.1 Å². The zero-order chi connectivity index (χ0) is 61.8. The molecule has 4 aliphatic heterocycles. The Morgan fingerprint density at radius 3 is 0.886 bits per heavy atom. The highest BCUT2D eigenvalue weighted by molar-refractivity contribution is 6.45. The Hall–Kier alpha value is -9.80. The topological polar surface area (TPSA) is 195 Å². The second kappa shape index (κ2) is 21.6. The lowest BCUT2D eigenvalue weighted by atomic mass is 9.80. The van der Waals surface area contributed by atoms with Crippen LogP contribution < -0.4 is 29.6 Å². The van der Waals surface area contributed by atoms with Gasteiger partial charge in [-0.15, -0.1) is 0 Å². The molecule has 0 saturated carbocycles. The van der Waals surface area contributed by atoms with Crippen molar-refractivity contribution in [1.82, 2.24) is 20.4 Å². The van der Waals surface area contributed by atoms with E-state index in [2.05, 4.69) is 10.6 Å². The summed E-state index contributed by atoms with van der Waals surface area (Å²) in [6, 6.07) is 26.6. The second-order valence-corrected chi connectivity index (χ2v) is 22.4. The quantitative estimate of drug-likeness (QED) is 0.0272. The van der Waals surface area contributed by atoms with Crippen LogP contribution in [0, 0.1) is 27.7 Å². The largest absolute Gasteiger partial charge is 0.457 e. The fourth-order valence-corrected chi connectivity index (χ4v) is 11.4. The molecule has 2 N–H and O–H groups in total. The number of aryl methyl sites for hydroxylation is 4. The van der Waals surface area contributed by atoms with E-state index in [-0.39, 0.29) is 125 Å². The van der Waals surface area contributed by atoms with Crippen LogP contribution in [0.25, 0.3) is 43.1 Å². The maximum Gasteiger partial charge on any atom is 0.391 e. The molecule has 0 aromatic heterocycles. The van der Waals surface area contributed by atoms with Crippen molar-refractivity contribution in [3.8, 4) is 46.0 Å². The number of benzene rings is 9. The van der Waals surface area contributed by atoms with Crippen molar-refractivity contribution >= 4 is 78.5 Å². The lowest BCUT2D eigenvalue weighted by Crippen LogP contribution is -2.55. The molecular formula is C66H50F6N4O12. The fraction of sp³-hybridized carbons (Fsp3) is 0.242. The van der Waals surface area contributed by atoms with Gasteiger partial charge in [0.2, 0.25) is 11.8 Å². The van der Waals surface area contributed by atoms with Gasteiger partial charge in [-0.3, -0.25) is 38.6 Å². The van der Waals surface area contributed by atoms with Gasteiger partial charge in [-0.25, -0.2) is 0 Å². The first-order valence-corrected chi connectivity index (χ1v) is 28.0. The number of imide groups is 2. The van der Waals surface area contributed by atoms with Gasteiger partial charge in [0.15, 0.2) is 0 Å². The van der Waals surface area contributed by atoms with Gasteiger partial charge >= 0.3 is 12.4 Å². The van der Waals surface area contributed by atoms with Crippen LogP contribution in [0.4, 0.5) is 26.3 Å². The molecule has 16 nitrogen and oxygen atoms in total. The Bertz CT molecular complexity index is 3890. The van der Waals surface area contributed by atoms with Gasteiger partial charge in [-0.1, -0.05) is 70.8 Å². The number of halogens is 6. The minimum Gasteiger partial charge on any atom is -0.457 e. The number of hydrogen-bond donors (Lipinski definition) is 2. The summed E-state index contributed by atoms with van der Waals surface area (Å²) < 4.78 is 127. The molecule has 0 bridgehead atoms. The summed E-state index contributed by atoms with van der Waals surface area (Å²) in [7, 11) is 0. The summed E-state index contributed by atoms with van der Waals surface area (Å²) in [6.07, 6.45) is -15.1. The van der Waals surface area contributed by atoms with Crippen LogP contribution in [0.3, 0.4) is 0 Å². The lowest BCUT2D eigenvalue weighted by Gasteiger charge is -2.36. The highest BCUT2D eigenvalue weighted by Crippen LogP contribution is 2.58. The van der Waals surface area contributed by atoms with Gasteiger partial charge < -0.3 is 39.1 Å². The van der Waals surface area contributed by atoms with E-state index in [1.54, 1.807) is 97.1 Å². The number of rotatable bonds is 18. The van der Waals surface area contributed by atoms with Gasteiger partial charge in [-0.05, 0) is 100 Å². The molecule has 0 spiro atoms. The Balaban J connectivity index is 1.19. The van der Waals surface area contributed by atoms with Crippen molar-refractivity contribution in [3.63, 3.8) is 0 Å². The van der Waals surface area contributed by atoms with E-state index < -0.39 is 107 Å². The minimum absolute atomic E-state index is 0.00606. The van der Waals surface area contributed by atoms with Gasteiger partial charge in [-0.2, -0.15) is 26.3 Å². The monoisotopic (exact) mass is 1200 g/mol. The molecule has 22 heteroatoms. The number of fused-ring (bicyclic) bond motifs is 2. The first-order chi connectivity index (χ1) is 42.0. The van der Waals surface area contributed by atoms with E-state index >= 15 is 19.2 Å². The summed E-state index contributed by atoms with van der Waals surface area (Å²) >= 11 is 0. The summed E-state index contributed by atoms with van der Waals surface area (Å²) in [6.45, 7) is 7.29. The highest BCUT2D eigenvalue weighted by atomic mass is 19.4. The molecule has 4 aliphatic rings. The predicted molar refractivity (Wildman–Crippen MR) is 308 cm³/mol. The molecule has 88 heavy (non-hydrogen) atoms. The van der Waals surface area contributed by atoms with E-state index in [0.29, 0.717) is 0 Å². The fourth-order valence-electron chi connectivity index (χ4n) is 11.4. The van der Waals surface area contributed by atoms with Crippen LogP contribution in [0.1, 0.15) is 76.5 Å². The number of nitrogens with zero attached hydrogens (tertiary/aromatic N) is 2. The third-order valence-corrected chi connectivity index (χ3v) is 15.8. The molecule has 0 aliphatic carbocycles. The number of nitrogens with one attached hydrogen (secondary N) is 2. The zero-order valence-corrected chi connectivity index (χ0v) is 47.2. The SMILES string of the molecule is Cc1ccc(Oc2cc3c4c(cc(Oc5ccc(C)cc5)c5c6c(Oc7ccc(C)cc7)cc7c8c(cc(Oc9ccc(C)cc9)c(c2c45)c86)C(=O)N(C(CC(F)(F)F)C(=O)NCC2CO2)C7=O)C(=O)N(C(CC(F)(F)F)C(=O)NCC2CO2)C3=O)cc1. The number of alkyl halides is 6. The van der Waals surface area contributed by atoms with E-state index in [1.165, 1.54) is 24.3 Å². The first kappa shape index (κ1) is 57.3. The summed E-state index contributed by atoms with van der Waals surface area (Å²) in [5.41, 5.74) is 1.61. The third-order valence-electron chi connectivity index (χ3n) is 15.8. The van der Waals surface area contributed by atoms with Crippen LogP contribution in [0.5, 0.6) is 46.0 Å². The molecule has 448 valence electrons. The van der Waals surface area contributed by atoms with Crippen LogP contribution in [0.15, 0.2) is 121 Å². The Morgan fingerprint density at radius 2 is 0.670 bits per heavy atom. The van der Waals surface area contributed by atoms with E-state index in [4.69, 9.17) is 28.4 Å². The molecule has 6 amide bonds. The maximum atomic E-state index is 15.6. The summed E-state index contributed by atoms with van der Waals surface area (Å²) in [4.78, 5) is 91.2. The highest BCUT2D eigenvalue weighted by Gasteiger charge is 2.50. The van der Waals surface area contributed by atoms with Gasteiger partial charge in [0.25, 0.3) is 23.6 Å². The molecule has 0 radical (unpaired) electrons. The van der Waals surface area contributed by atoms with Crippen LogP contribution in [-0.4, -0.2) is 108 Å². The zero-order valence-electron chi connectivity index (χ0n) is 47.2. The Kier molecular flexibility index (Phi) is 14.0. The second-order valence-electron chi connectivity index (χ2n) is 22.4. The van der Waals surface area contributed by atoms with Gasteiger partial charge in [0, 0.05) is 56.2 Å². The van der Waals surface area contributed by atoms with E-state index in [0.717, 1.165) is 22.3 Å². The number of carbonyl (C=O) groups excluding carboxylic acids is 6. The molecule has 9 aromatic rings. The minimum atomic E-state index is -5.11. The predicted octanol–water partition coefficient (Wildman–Crippen LogP) is 13.0. The number of epoxide rings is 2.